The Morgan fingerprint density at radius 2 is 1.65 bits per heavy atom. The van der Waals surface area contributed by atoms with Crippen molar-refractivity contribution in [2.75, 3.05) is 18.1 Å². The van der Waals surface area contributed by atoms with Gasteiger partial charge in [-0.2, -0.15) is 0 Å². The van der Waals surface area contributed by atoms with Gasteiger partial charge in [-0.25, -0.2) is 21.2 Å². The van der Waals surface area contributed by atoms with Gasteiger partial charge in [0.15, 0.2) is 19.7 Å². The summed E-state index contributed by atoms with van der Waals surface area (Å²) in [4.78, 5) is 0.132. The van der Waals surface area contributed by atoms with E-state index in [1.807, 2.05) is 0 Å². The van der Waals surface area contributed by atoms with Gasteiger partial charge in [-0.15, -0.1) is 0 Å². The van der Waals surface area contributed by atoms with Crippen molar-refractivity contribution in [2.45, 2.75) is 22.6 Å². The molecule has 0 bridgehead atoms. The molecular weight excluding hydrogens is 377 g/mol. The van der Waals surface area contributed by atoms with Crippen LogP contribution in [0.15, 0.2) is 59.5 Å². The highest BCUT2D eigenvalue weighted by Crippen LogP contribution is 2.25. The molecule has 1 aliphatic heterocycles. The molecular formula is C18H20FNO4S2. The molecule has 1 aliphatic rings. The maximum absolute atomic E-state index is 12.9. The lowest BCUT2D eigenvalue weighted by Crippen LogP contribution is -2.44. The highest BCUT2D eigenvalue weighted by Gasteiger charge is 2.45. The number of benzene rings is 2. The minimum Gasteiger partial charge on any atom is -0.311 e. The van der Waals surface area contributed by atoms with Crippen LogP contribution in [0.1, 0.15) is 5.56 Å². The standard InChI is InChI=1S/C18H20FNO4S2/c19-15-8-6-14(7-9-15)10-11-20-17-12-25(21,22)13-18(17)26(23,24)16-4-2-1-3-5-16/h1-9,17-18,20H,10-13H2/t17-,18-/m0/s1. The molecule has 140 valence electrons. The van der Waals surface area contributed by atoms with Crippen molar-refractivity contribution < 1.29 is 21.2 Å². The molecule has 0 aliphatic carbocycles. The Kier molecular flexibility index (Phi) is 5.45. The first-order valence-corrected chi connectivity index (χ1v) is 11.6. The van der Waals surface area contributed by atoms with Crippen molar-refractivity contribution in [3.05, 3.63) is 66.0 Å². The summed E-state index contributed by atoms with van der Waals surface area (Å²) in [6.45, 7) is 0.409. The van der Waals surface area contributed by atoms with Crippen LogP contribution in [0.3, 0.4) is 0 Å². The van der Waals surface area contributed by atoms with Crippen molar-refractivity contribution in [1.29, 1.82) is 0 Å². The van der Waals surface area contributed by atoms with Crippen LogP contribution >= 0.6 is 0 Å². The Balaban J connectivity index is 1.73. The Labute approximate surface area is 153 Å². The quantitative estimate of drug-likeness (QED) is 0.801. The Bertz CT molecular complexity index is 958. The van der Waals surface area contributed by atoms with Crippen molar-refractivity contribution in [3.8, 4) is 0 Å². The molecule has 2 aromatic rings. The monoisotopic (exact) mass is 397 g/mol. The third kappa shape index (κ3) is 4.31. The number of rotatable bonds is 6. The molecule has 2 atom stereocenters. The lowest BCUT2D eigenvalue weighted by Gasteiger charge is -2.20. The SMILES string of the molecule is O=S1(=O)C[C@H](NCCc2ccc(F)cc2)[C@@H](S(=O)(=O)c2ccccc2)C1. The fourth-order valence-electron chi connectivity index (χ4n) is 3.15. The van der Waals surface area contributed by atoms with E-state index < -0.39 is 31.0 Å². The summed E-state index contributed by atoms with van der Waals surface area (Å²) in [6, 6.07) is 13.3. The molecule has 5 nitrogen and oxygen atoms in total. The maximum Gasteiger partial charge on any atom is 0.183 e. The van der Waals surface area contributed by atoms with Crippen molar-refractivity contribution in [3.63, 3.8) is 0 Å². The summed E-state index contributed by atoms with van der Waals surface area (Å²) in [5, 5.41) is 2.06. The molecule has 0 aromatic heterocycles. The molecule has 8 heteroatoms. The van der Waals surface area contributed by atoms with Crippen molar-refractivity contribution in [2.24, 2.45) is 0 Å². The Morgan fingerprint density at radius 3 is 2.31 bits per heavy atom. The fraction of sp³-hybridized carbons (Fsp3) is 0.333. The first-order chi connectivity index (χ1) is 12.3. The predicted octanol–water partition coefficient (Wildman–Crippen LogP) is 1.60. The molecule has 2 aromatic carbocycles. The number of nitrogens with one attached hydrogen (secondary N) is 1. The topological polar surface area (TPSA) is 80.3 Å². The van der Waals surface area contributed by atoms with Crippen LogP contribution in [-0.4, -0.2) is 46.2 Å². The molecule has 0 saturated carbocycles. The Morgan fingerprint density at radius 1 is 1.00 bits per heavy atom. The number of hydrogen-bond acceptors (Lipinski definition) is 5. The van der Waals surface area contributed by atoms with E-state index in [4.69, 9.17) is 0 Å². The average Bonchev–Trinajstić information content (AvgIpc) is 2.93. The van der Waals surface area contributed by atoms with Gasteiger partial charge in [0.25, 0.3) is 0 Å². The smallest absolute Gasteiger partial charge is 0.183 e. The molecule has 0 radical (unpaired) electrons. The van der Waals surface area contributed by atoms with E-state index in [0.29, 0.717) is 13.0 Å². The van der Waals surface area contributed by atoms with Crippen molar-refractivity contribution >= 4 is 19.7 Å². The van der Waals surface area contributed by atoms with E-state index >= 15 is 0 Å². The van der Waals surface area contributed by atoms with Crippen LogP contribution in [0.2, 0.25) is 0 Å². The van der Waals surface area contributed by atoms with Crippen LogP contribution in [-0.2, 0) is 26.1 Å². The van der Waals surface area contributed by atoms with Gasteiger partial charge < -0.3 is 5.32 Å². The normalized spacial score (nSPS) is 22.3. The average molecular weight is 397 g/mol. The van der Waals surface area contributed by atoms with Gasteiger partial charge >= 0.3 is 0 Å². The first-order valence-electron chi connectivity index (χ1n) is 8.25. The number of halogens is 1. The second-order valence-electron chi connectivity index (χ2n) is 6.41. The van der Waals surface area contributed by atoms with E-state index in [-0.39, 0.29) is 22.2 Å². The Hall–Kier alpha value is -1.77. The van der Waals surface area contributed by atoms with Crippen LogP contribution in [0.25, 0.3) is 0 Å². The summed E-state index contributed by atoms with van der Waals surface area (Å²) >= 11 is 0. The lowest BCUT2D eigenvalue weighted by molar-refractivity contribution is 0.528. The number of hydrogen-bond donors (Lipinski definition) is 1. The van der Waals surface area contributed by atoms with Gasteiger partial charge in [0.05, 0.1) is 21.7 Å². The third-order valence-electron chi connectivity index (χ3n) is 4.50. The van der Waals surface area contributed by atoms with E-state index in [9.17, 15) is 21.2 Å². The highest BCUT2D eigenvalue weighted by atomic mass is 32.2. The van der Waals surface area contributed by atoms with Crippen molar-refractivity contribution in [1.82, 2.24) is 5.32 Å². The summed E-state index contributed by atoms with van der Waals surface area (Å²) in [6.07, 6.45) is 0.551. The zero-order chi connectivity index (χ0) is 18.8. The van der Waals surface area contributed by atoms with Crippen LogP contribution in [0.4, 0.5) is 4.39 Å². The van der Waals surface area contributed by atoms with E-state index in [1.54, 1.807) is 30.3 Å². The van der Waals surface area contributed by atoms with Crippen LogP contribution < -0.4 is 5.32 Å². The zero-order valence-corrected chi connectivity index (χ0v) is 15.6. The summed E-state index contributed by atoms with van der Waals surface area (Å²) in [5.74, 6) is -0.899. The second kappa shape index (κ2) is 7.46. The summed E-state index contributed by atoms with van der Waals surface area (Å²) < 4.78 is 62.8. The number of sulfone groups is 2. The van der Waals surface area contributed by atoms with Gasteiger partial charge in [-0.3, -0.25) is 0 Å². The largest absolute Gasteiger partial charge is 0.311 e. The maximum atomic E-state index is 12.9. The van der Waals surface area contributed by atoms with Crippen LogP contribution in [0, 0.1) is 5.82 Å². The molecule has 26 heavy (non-hydrogen) atoms. The molecule has 3 rings (SSSR count). The van der Waals surface area contributed by atoms with Gasteiger partial charge in [-0.1, -0.05) is 30.3 Å². The fourth-order valence-corrected chi connectivity index (χ4v) is 7.89. The van der Waals surface area contributed by atoms with Gasteiger partial charge in [0.2, 0.25) is 0 Å². The minimum atomic E-state index is -3.75. The molecule has 1 saturated heterocycles. The van der Waals surface area contributed by atoms with Gasteiger partial charge in [0, 0.05) is 6.04 Å². The molecule has 1 fully saturated rings. The van der Waals surface area contributed by atoms with Gasteiger partial charge in [-0.05, 0) is 42.8 Å². The van der Waals surface area contributed by atoms with Crippen LogP contribution in [0.5, 0.6) is 0 Å². The molecule has 0 unspecified atom stereocenters. The van der Waals surface area contributed by atoms with Gasteiger partial charge in [0.1, 0.15) is 5.82 Å². The second-order valence-corrected chi connectivity index (χ2v) is 10.7. The van der Waals surface area contributed by atoms with E-state index in [2.05, 4.69) is 5.32 Å². The third-order valence-corrected chi connectivity index (χ3v) is 8.67. The molecule has 0 spiro atoms. The lowest BCUT2D eigenvalue weighted by atomic mass is 10.1. The zero-order valence-electron chi connectivity index (χ0n) is 14.0. The molecule has 1 heterocycles. The highest BCUT2D eigenvalue weighted by molar-refractivity contribution is 7.96. The van der Waals surface area contributed by atoms with E-state index in [1.165, 1.54) is 24.3 Å². The molecule has 0 amide bonds. The predicted molar refractivity (Wildman–Crippen MR) is 98.0 cm³/mol. The molecule has 1 N–H and O–H groups in total. The van der Waals surface area contributed by atoms with E-state index in [0.717, 1.165) is 5.56 Å². The minimum absolute atomic E-state index is 0.132. The summed E-state index contributed by atoms with van der Waals surface area (Å²) in [5.41, 5.74) is 0.891. The summed E-state index contributed by atoms with van der Waals surface area (Å²) in [7, 11) is -7.18. The first kappa shape index (κ1) is 19.0.